The molecule has 0 spiro atoms. The van der Waals surface area contributed by atoms with Crippen LogP contribution < -0.4 is 5.73 Å². The van der Waals surface area contributed by atoms with E-state index in [2.05, 4.69) is 15.2 Å². The van der Waals surface area contributed by atoms with Crippen molar-refractivity contribution >= 4 is 0 Å². The zero-order valence-corrected chi connectivity index (χ0v) is 8.45. The van der Waals surface area contributed by atoms with Crippen molar-refractivity contribution in [3.05, 3.63) is 12.2 Å². The van der Waals surface area contributed by atoms with Crippen molar-refractivity contribution < 1.29 is 0 Å². The molecule has 2 rings (SSSR count). The standard InChI is InChI=1S/C10H18N4/c11-9(10-12-7-13-14-10)6-8-4-2-1-3-5-8/h7-9H,1-6,11H2,(H,12,13,14). The number of hydrogen-bond acceptors (Lipinski definition) is 3. The molecule has 0 aromatic carbocycles. The Morgan fingerprint density at radius 2 is 2.21 bits per heavy atom. The van der Waals surface area contributed by atoms with Crippen LogP contribution in [-0.2, 0) is 0 Å². The lowest BCUT2D eigenvalue weighted by atomic mass is 9.85. The number of rotatable bonds is 3. The molecule has 14 heavy (non-hydrogen) atoms. The molecule has 1 saturated carbocycles. The summed E-state index contributed by atoms with van der Waals surface area (Å²) in [6.45, 7) is 0. The van der Waals surface area contributed by atoms with Crippen molar-refractivity contribution in [2.75, 3.05) is 0 Å². The van der Waals surface area contributed by atoms with Gasteiger partial charge < -0.3 is 5.73 Å². The highest BCUT2D eigenvalue weighted by Crippen LogP contribution is 2.29. The van der Waals surface area contributed by atoms with Crippen molar-refractivity contribution in [1.29, 1.82) is 0 Å². The second-order valence-electron chi connectivity index (χ2n) is 4.22. The fraction of sp³-hybridized carbons (Fsp3) is 0.800. The van der Waals surface area contributed by atoms with Crippen LogP contribution in [0.25, 0.3) is 0 Å². The van der Waals surface area contributed by atoms with Gasteiger partial charge in [-0.3, -0.25) is 5.10 Å². The van der Waals surface area contributed by atoms with E-state index in [4.69, 9.17) is 5.73 Å². The van der Waals surface area contributed by atoms with Gasteiger partial charge in [0.15, 0.2) is 0 Å². The molecule has 1 aliphatic rings. The zero-order valence-electron chi connectivity index (χ0n) is 8.45. The summed E-state index contributed by atoms with van der Waals surface area (Å²) in [6, 6.07) is 0.0422. The van der Waals surface area contributed by atoms with Gasteiger partial charge in [0.1, 0.15) is 12.2 Å². The molecule has 0 aliphatic heterocycles. The van der Waals surface area contributed by atoms with Crippen LogP contribution in [0.1, 0.15) is 50.4 Å². The number of nitrogens with one attached hydrogen (secondary N) is 1. The summed E-state index contributed by atoms with van der Waals surface area (Å²) < 4.78 is 0. The Labute approximate surface area is 84.3 Å². The van der Waals surface area contributed by atoms with Crippen LogP contribution in [0.4, 0.5) is 0 Å². The SMILES string of the molecule is NC(CC1CCCCC1)c1ncn[nH]1. The molecule has 0 amide bonds. The molecule has 0 saturated heterocycles. The van der Waals surface area contributed by atoms with Crippen molar-refractivity contribution in [3.8, 4) is 0 Å². The van der Waals surface area contributed by atoms with Gasteiger partial charge in [0.25, 0.3) is 0 Å². The molecule has 1 aromatic heterocycles. The Kier molecular flexibility index (Phi) is 3.14. The molecule has 1 aromatic rings. The maximum absolute atomic E-state index is 6.04. The first-order valence-corrected chi connectivity index (χ1v) is 5.47. The molecule has 78 valence electrons. The predicted molar refractivity (Wildman–Crippen MR) is 54.5 cm³/mol. The van der Waals surface area contributed by atoms with Crippen LogP contribution in [0.2, 0.25) is 0 Å². The molecular weight excluding hydrogens is 176 g/mol. The van der Waals surface area contributed by atoms with Crippen LogP contribution in [-0.4, -0.2) is 15.2 Å². The lowest BCUT2D eigenvalue weighted by molar-refractivity contribution is 0.316. The number of aromatic amines is 1. The topological polar surface area (TPSA) is 67.6 Å². The fourth-order valence-electron chi connectivity index (χ4n) is 2.29. The highest BCUT2D eigenvalue weighted by molar-refractivity contribution is 4.90. The van der Waals surface area contributed by atoms with Gasteiger partial charge >= 0.3 is 0 Å². The normalized spacial score (nSPS) is 20.9. The van der Waals surface area contributed by atoms with E-state index in [0.717, 1.165) is 18.2 Å². The third-order valence-corrected chi connectivity index (χ3v) is 3.10. The van der Waals surface area contributed by atoms with Gasteiger partial charge in [-0.05, 0) is 12.3 Å². The minimum absolute atomic E-state index is 0.0422. The monoisotopic (exact) mass is 194 g/mol. The van der Waals surface area contributed by atoms with Crippen molar-refractivity contribution in [3.63, 3.8) is 0 Å². The predicted octanol–water partition coefficient (Wildman–Crippen LogP) is 1.77. The quantitative estimate of drug-likeness (QED) is 0.770. The summed E-state index contributed by atoms with van der Waals surface area (Å²) in [5.41, 5.74) is 6.04. The number of nitrogens with two attached hydrogens (primary N) is 1. The van der Waals surface area contributed by atoms with Gasteiger partial charge in [0.2, 0.25) is 0 Å². The van der Waals surface area contributed by atoms with Crippen LogP contribution >= 0.6 is 0 Å². The Bertz CT molecular complexity index is 251. The first-order valence-electron chi connectivity index (χ1n) is 5.47. The Balaban J connectivity index is 1.84. The van der Waals surface area contributed by atoms with E-state index in [0.29, 0.717) is 0 Å². The van der Waals surface area contributed by atoms with Crippen LogP contribution in [0.15, 0.2) is 6.33 Å². The maximum atomic E-state index is 6.04. The molecule has 1 heterocycles. The minimum Gasteiger partial charge on any atom is -0.321 e. The lowest BCUT2D eigenvalue weighted by Gasteiger charge is -2.23. The van der Waals surface area contributed by atoms with E-state index in [-0.39, 0.29) is 6.04 Å². The average molecular weight is 194 g/mol. The second-order valence-corrected chi connectivity index (χ2v) is 4.22. The van der Waals surface area contributed by atoms with E-state index in [1.165, 1.54) is 38.4 Å². The van der Waals surface area contributed by atoms with Gasteiger partial charge in [0, 0.05) is 0 Å². The van der Waals surface area contributed by atoms with Gasteiger partial charge in [0.05, 0.1) is 6.04 Å². The van der Waals surface area contributed by atoms with E-state index in [1.807, 2.05) is 0 Å². The largest absolute Gasteiger partial charge is 0.321 e. The molecular formula is C10H18N4. The van der Waals surface area contributed by atoms with Crippen molar-refractivity contribution in [2.45, 2.75) is 44.6 Å². The number of nitrogens with zero attached hydrogens (tertiary/aromatic N) is 2. The van der Waals surface area contributed by atoms with Gasteiger partial charge in [-0.25, -0.2) is 4.98 Å². The number of aromatic nitrogens is 3. The molecule has 1 fully saturated rings. The molecule has 0 radical (unpaired) electrons. The van der Waals surface area contributed by atoms with Crippen molar-refractivity contribution in [2.24, 2.45) is 11.7 Å². The van der Waals surface area contributed by atoms with Gasteiger partial charge in [-0.2, -0.15) is 5.10 Å². The van der Waals surface area contributed by atoms with Crippen LogP contribution in [0.5, 0.6) is 0 Å². The number of hydrogen-bond donors (Lipinski definition) is 2. The third kappa shape index (κ3) is 2.32. The molecule has 4 nitrogen and oxygen atoms in total. The lowest BCUT2D eigenvalue weighted by Crippen LogP contribution is -2.18. The number of H-pyrrole nitrogens is 1. The molecule has 1 unspecified atom stereocenters. The summed E-state index contributed by atoms with van der Waals surface area (Å²) in [5.74, 6) is 1.62. The molecule has 1 atom stereocenters. The summed E-state index contributed by atoms with van der Waals surface area (Å²) in [7, 11) is 0. The summed E-state index contributed by atoms with van der Waals surface area (Å²) in [6.07, 6.45) is 9.38. The third-order valence-electron chi connectivity index (χ3n) is 3.10. The molecule has 3 N–H and O–H groups in total. The van der Waals surface area contributed by atoms with E-state index < -0.39 is 0 Å². The average Bonchev–Trinajstić information content (AvgIpc) is 2.72. The first-order chi connectivity index (χ1) is 6.86. The van der Waals surface area contributed by atoms with Crippen LogP contribution in [0.3, 0.4) is 0 Å². The molecule has 0 bridgehead atoms. The second kappa shape index (κ2) is 4.55. The zero-order chi connectivity index (χ0) is 9.80. The molecule has 1 aliphatic carbocycles. The van der Waals surface area contributed by atoms with E-state index >= 15 is 0 Å². The van der Waals surface area contributed by atoms with E-state index in [1.54, 1.807) is 0 Å². The highest BCUT2D eigenvalue weighted by Gasteiger charge is 2.18. The maximum Gasteiger partial charge on any atom is 0.141 e. The fourth-order valence-corrected chi connectivity index (χ4v) is 2.29. The minimum atomic E-state index is 0.0422. The summed E-state index contributed by atoms with van der Waals surface area (Å²) in [4.78, 5) is 4.09. The Hall–Kier alpha value is -0.900. The Morgan fingerprint density at radius 3 is 2.86 bits per heavy atom. The van der Waals surface area contributed by atoms with Crippen LogP contribution in [0, 0.1) is 5.92 Å². The summed E-state index contributed by atoms with van der Waals surface area (Å²) >= 11 is 0. The van der Waals surface area contributed by atoms with Crippen molar-refractivity contribution in [1.82, 2.24) is 15.2 Å². The smallest absolute Gasteiger partial charge is 0.141 e. The Morgan fingerprint density at radius 1 is 1.43 bits per heavy atom. The van der Waals surface area contributed by atoms with E-state index in [9.17, 15) is 0 Å². The molecule has 4 heteroatoms. The van der Waals surface area contributed by atoms with Gasteiger partial charge in [-0.15, -0.1) is 0 Å². The van der Waals surface area contributed by atoms with Gasteiger partial charge in [-0.1, -0.05) is 32.1 Å². The highest BCUT2D eigenvalue weighted by atomic mass is 15.2. The summed E-state index contributed by atoms with van der Waals surface area (Å²) in [5, 5.41) is 6.66. The first kappa shape index (κ1) is 9.65.